The normalized spacial score (nSPS) is 19.7. The molecule has 0 saturated heterocycles. The Hall–Kier alpha value is -3.46. The molecule has 0 fully saturated rings. The highest BCUT2D eigenvalue weighted by atomic mass is 16.3. The first kappa shape index (κ1) is 11.2. The Balaban J connectivity index is 1.72. The van der Waals surface area contributed by atoms with Gasteiger partial charge in [-0.25, -0.2) is 4.57 Å². The molecule has 0 unspecified atom stereocenters. The maximum absolute atomic E-state index is 8.43. The molecule has 31 heavy (non-hydrogen) atoms. The summed E-state index contributed by atoms with van der Waals surface area (Å²) in [5.41, 5.74) is 2.13. The van der Waals surface area contributed by atoms with Gasteiger partial charge in [-0.2, -0.15) is 0 Å². The lowest BCUT2D eigenvalue weighted by molar-refractivity contribution is -0.660. The number of hydrogen-bond donors (Lipinski definition) is 0. The number of fused-ring (bicyclic) bond motifs is 7. The molecule has 152 valence electrons. The van der Waals surface area contributed by atoms with E-state index in [0.717, 1.165) is 22.2 Å². The van der Waals surface area contributed by atoms with E-state index >= 15 is 0 Å². The van der Waals surface area contributed by atoms with Crippen LogP contribution < -0.4 is 4.57 Å². The fourth-order valence-electron chi connectivity index (χ4n) is 4.80. The van der Waals surface area contributed by atoms with Crippen LogP contribution in [0, 0.1) is 13.8 Å². The largest absolute Gasteiger partial charge is 0.454 e. The number of aryl methyl sites for hydroxylation is 3. The molecule has 0 N–H and O–H groups in total. The van der Waals surface area contributed by atoms with Crippen molar-refractivity contribution < 1.29 is 21.3 Å². The number of benzene rings is 2. The van der Waals surface area contributed by atoms with Crippen molar-refractivity contribution >= 4 is 21.9 Å². The SMILES string of the molecule is [2H]C([2H])([2H])c1ccc(-c2c(C)ccc3c2oc2c4c(ccc23)C(C([2H])([2H])[2H])(C([2H])([2H])[2H])c2ncccc2-4)[n+](C)c1. The molecule has 3 heteroatoms. The minimum atomic E-state index is -2.92. The van der Waals surface area contributed by atoms with E-state index in [2.05, 4.69) is 4.98 Å². The van der Waals surface area contributed by atoms with Crippen molar-refractivity contribution in [2.75, 3.05) is 0 Å². The second-order valence-corrected chi connectivity index (χ2v) is 8.16. The lowest BCUT2D eigenvalue weighted by atomic mass is 9.85. The topological polar surface area (TPSA) is 29.9 Å². The summed E-state index contributed by atoms with van der Waals surface area (Å²) in [6.07, 6.45) is 2.99. The molecule has 1 aliphatic carbocycles. The summed E-state index contributed by atoms with van der Waals surface area (Å²) >= 11 is 0. The molecular formula is C28H25N2O+. The van der Waals surface area contributed by atoms with E-state index in [-0.39, 0.29) is 16.8 Å². The van der Waals surface area contributed by atoms with E-state index in [1.165, 1.54) is 6.20 Å². The molecule has 0 atom stereocenters. The van der Waals surface area contributed by atoms with E-state index in [0.29, 0.717) is 27.7 Å². The van der Waals surface area contributed by atoms with Crippen LogP contribution in [-0.2, 0) is 12.5 Å². The van der Waals surface area contributed by atoms with Gasteiger partial charge < -0.3 is 4.42 Å². The highest BCUT2D eigenvalue weighted by Gasteiger charge is 2.39. The van der Waals surface area contributed by atoms with Crippen molar-refractivity contribution in [1.29, 1.82) is 0 Å². The van der Waals surface area contributed by atoms with Gasteiger partial charge in [0, 0.05) is 57.5 Å². The number of furan rings is 1. The van der Waals surface area contributed by atoms with E-state index < -0.39 is 26.0 Å². The molecule has 0 bridgehead atoms. The summed E-state index contributed by atoms with van der Waals surface area (Å²) in [7, 11) is 1.77. The van der Waals surface area contributed by atoms with Crippen molar-refractivity contribution in [3.63, 3.8) is 0 Å². The average Bonchev–Trinajstić information content (AvgIpc) is 3.37. The molecule has 5 aromatic rings. The predicted molar refractivity (Wildman–Crippen MR) is 125 cm³/mol. The zero-order valence-electron chi connectivity index (χ0n) is 26.1. The molecule has 0 radical (unpaired) electrons. The molecule has 3 heterocycles. The van der Waals surface area contributed by atoms with Crippen molar-refractivity contribution in [3.05, 3.63) is 83.3 Å². The van der Waals surface area contributed by atoms with Crippen LogP contribution in [0.2, 0.25) is 0 Å². The van der Waals surface area contributed by atoms with Crippen LogP contribution in [0.15, 0.2) is 65.3 Å². The third-order valence-electron chi connectivity index (χ3n) is 6.24. The first-order valence-corrected chi connectivity index (χ1v) is 10.0. The summed E-state index contributed by atoms with van der Waals surface area (Å²) in [5, 5.41) is 1.47. The molecule has 6 rings (SSSR count). The third kappa shape index (κ3) is 2.35. The van der Waals surface area contributed by atoms with Crippen molar-refractivity contribution in [2.24, 2.45) is 7.05 Å². The number of nitrogens with zero attached hydrogens (tertiary/aromatic N) is 2. The van der Waals surface area contributed by atoms with Crippen molar-refractivity contribution in [1.82, 2.24) is 4.98 Å². The monoisotopic (exact) mass is 414 g/mol. The molecule has 0 aliphatic heterocycles. The van der Waals surface area contributed by atoms with Crippen LogP contribution in [0.5, 0.6) is 0 Å². The first-order chi connectivity index (χ1) is 18.6. The van der Waals surface area contributed by atoms with E-state index in [1.54, 1.807) is 54.2 Å². The van der Waals surface area contributed by atoms with E-state index in [4.69, 9.17) is 16.8 Å². The molecule has 3 aromatic heterocycles. The Labute approximate surface area is 194 Å². The zero-order valence-corrected chi connectivity index (χ0v) is 17.1. The Morgan fingerprint density at radius 2 is 1.77 bits per heavy atom. The Bertz CT molecular complexity index is 1830. The van der Waals surface area contributed by atoms with Gasteiger partial charge in [-0.1, -0.05) is 44.0 Å². The second kappa shape index (κ2) is 6.04. The van der Waals surface area contributed by atoms with Gasteiger partial charge in [0.1, 0.15) is 18.2 Å². The highest BCUT2D eigenvalue weighted by molar-refractivity contribution is 6.14. The summed E-state index contributed by atoms with van der Waals surface area (Å²) in [5.74, 6) is 0. The van der Waals surface area contributed by atoms with Gasteiger partial charge in [0.2, 0.25) is 5.69 Å². The molecule has 0 saturated carbocycles. The molecule has 0 amide bonds. The van der Waals surface area contributed by atoms with Gasteiger partial charge >= 0.3 is 0 Å². The maximum Gasteiger partial charge on any atom is 0.216 e. The van der Waals surface area contributed by atoms with Crippen LogP contribution in [0.1, 0.15) is 48.4 Å². The number of aromatic nitrogens is 2. The molecule has 1 aliphatic rings. The maximum atomic E-state index is 8.43. The lowest BCUT2D eigenvalue weighted by Gasteiger charge is -2.19. The van der Waals surface area contributed by atoms with Gasteiger partial charge in [0.25, 0.3) is 0 Å². The van der Waals surface area contributed by atoms with Crippen molar-refractivity contribution in [2.45, 2.75) is 32.9 Å². The Kier molecular flexibility index (Phi) is 2.19. The minimum absolute atomic E-state index is 0.0129. The van der Waals surface area contributed by atoms with Crippen molar-refractivity contribution in [3.8, 4) is 22.4 Å². The third-order valence-corrected chi connectivity index (χ3v) is 6.24. The fourth-order valence-corrected chi connectivity index (χ4v) is 4.80. The number of rotatable bonds is 1. The van der Waals surface area contributed by atoms with Crippen LogP contribution in [0.3, 0.4) is 0 Å². The first-order valence-electron chi connectivity index (χ1n) is 14.5. The highest BCUT2D eigenvalue weighted by Crippen LogP contribution is 2.52. The van der Waals surface area contributed by atoms with Gasteiger partial charge in [0.05, 0.1) is 11.3 Å². The van der Waals surface area contributed by atoms with Crippen LogP contribution in [0.4, 0.5) is 0 Å². The van der Waals surface area contributed by atoms with Crippen LogP contribution in [-0.4, -0.2) is 4.98 Å². The summed E-state index contributed by atoms with van der Waals surface area (Å²) in [6.45, 7) is -6.17. The zero-order chi connectivity index (χ0) is 29.0. The van der Waals surface area contributed by atoms with E-state index in [1.807, 2.05) is 19.1 Å². The fraction of sp³-hybridized carbons (Fsp3) is 0.214. The summed E-state index contributed by atoms with van der Waals surface area (Å²) in [6, 6.07) is 13.8. The van der Waals surface area contributed by atoms with Crippen LogP contribution in [0.25, 0.3) is 44.3 Å². The Morgan fingerprint density at radius 3 is 2.55 bits per heavy atom. The molecular weight excluding hydrogens is 380 g/mol. The lowest BCUT2D eigenvalue weighted by Crippen LogP contribution is -2.31. The summed E-state index contributed by atoms with van der Waals surface area (Å²) in [4.78, 5) is 4.33. The average molecular weight is 415 g/mol. The quantitative estimate of drug-likeness (QED) is 0.297. The van der Waals surface area contributed by atoms with Gasteiger partial charge in [-0.05, 0) is 37.0 Å². The smallest absolute Gasteiger partial charge is 0.216 e. The summed E-state index contributed by atoms with van der Waals surface area (Å²) < 4.78 is 82.2. The predicted octanol–water partition coefficient (Wildman–Crippen LogP) is 6.40. The Morgan fingerprint density at radius 1 is 0.968 bits per heavy atom. The van der Waals surface area contributed by atoms with Gasteiger partial charge in [-0.3, -0.25) is 4.98 Å². The number of pyridine rings is 2. The molecule has 3 nitrogen and oxygen atoms in total. The minimum Gasteiger partial charge on any atom is -0.454 e. The number of hydrogen-bond acceptors (Lipinski definition) is 2. The van der Waals surface area contributed by atoms with Crippen LogP contribution >= 0.6 is 0 Å². The molecule has 0 spiro atoms. The second-order valence-electron chi connectivity index (χ2n) is 8.16. The molecule has 2 aromatic carbocycles. The van der Waals surface area contributed by atoms with Gasteiger partial charge in [0.15, 0.2) is 6.20 Å². The van der Waals surface area contributed by atoms with E-state index in [9.17, 15) is 0 Å². The standard InChI is InChI=1S/C28H25N2O/c1-16-8-13-22(30(5)15-16)23-17(2)9-10-18-19-11-12-21-24(26(19)31-25(18)23)20-7-6-14-29-27(20)28(21,3)4/h6-15H,1-5H3/q+1/i1D3,3D3,4D3. The van der Waals surface area contributed by atoms with Gasteiger partial charge in [-0.15, -0.1) is 0 Å².